The van der Waals surface area contributed by atoms with Crippen molar-refractivity contribution in [2.45, 2.75) is 25.8 Å². The lowest BCUT2D eigenvalue weighted by Gasteiger charge is -2.28. The molecule has 0 radical (unpaired) electrons. The Morgan fingerprint density at radius 2 is 2.22 bits per heavy atom. The maximum absolute atomic E-state index is 5.71. The molecule has 1 aliphatic heterocycles. The summed E-state index contributed by atoms with van der Waals surface area (Å²) in [6, 6.07) is 8.68. The number of hydrogen-bond donors (Lipinski definition) is 1. The van der Waals surface area contributed by atoms with E-state index in [2.05, 4.69) is 30.9 Å². The van der Waals surface area contributed by atoms with Crippen molar-refractivity contribution in [3.63, 3.8) is 0 Å². The van der Waals surface area contributed by atoms with Gasteiger partial charge in [0.05, 0.1) is 11.6 Å². The van der Waals surface area contributed by atoms with Gasteiger partial charge in [-0.2, -0.15) is 0 Å². The van der Waals surface area contributed by atoms with Gasteiger partial charge in [-0.1, -0.05) is 30.4 Å². The molecular formula is C14H20N2OS. The Hall–Kier alpha value is -1.13. The summed E-state index contributed by atoms with van der Waals surface area (Å²) in [5.41, 5.74) is 6.96. The number of thiocarbonyl (C=S) groups is 1. The second-order valence-electron chi connectivity index (χ2n) is 5.04. The van der Waals surface area contributed by atoms with Crippen LogP contribution in [-0.4, -0.2) is 35.6 Å². The molecule has 1 aromatic carbocycles. The van der Waals surface area contributed by atoms with Gasteiger partial charge >= 0.3 is 0 Å². The molecule has 2 rings (SSSR count). The highest BCUT2D eigenvalue weighted by atomic mass is 32.1. The van der Waals surface area contributed by atoms with E-state index in [1.54, 1.807) is 0 Å². The lowest BCUT2D eigenvalue weighted by atomic mass is 10.0. The first-order chi connectivity index (χ1) is 8.58. The standard InChI is InChI=1S/C14H20N2OS/c1-10(2)16(8-14(15)18)7-11-9-17-13-6-4-3-5-12(11)13/h3-6,10-11H,7-9H2,1-2H3,(H2,15,18). The molecule has 4 heteroatoms. The van der Waals surface area contributed by atoms with Crippen LogP contribution in [0.5, 0.6) is 5.75 Å². The molecule has 1 aliphatic rings. The van der Waals surface area contributed by atoms with Crippen LogP contribution in [0.2, 0.25) is 0 Å². The van der Waals surface area contributed by atoms with Crippen molar-refractivity contribution >= 4 is 17.2 Å². The highest BCUT2D eigenvalue weighted by Gasteiger charge is 2.26. The van der Waals surface area contributed by atoms with Gasteiger partial charge in [0, 0.05) is 30.6 Å². The minimum Gasteiger partial charge on any atom is -0.493 e. The minimum absolute atomic E-state index is 0.415. The van der Waals surface area contributed by atoms with Gasteiger partial charge in [-0.3, -0.25) is 4.90 Å². The summed E-state index contributed by atoms with van der Waals surface area (Å²) in [7, 11) is 0. The van der Waals surface area contributed by atoms with Gasteiger partial charge in [0.1, 0.15) is 5.75 Å². The van der Waals surface area contributed by atoms with Gasteiger partial charge in [-0.25, -0.2) is 0 Å². The number of benzene rings is 1. The number of hydrogen-bond acceptors (Lipinski definition) is 3. The Morgan fingerprint density at radius 3 is 2.89 bits per heavy atom. The molecule has 1 unspecified atom stereocenters. The lowest BCUT2D eigenvalue weighted by molar-refractivity contribution is 0.218. The summed E-state index contributed by atoms with van der Waals surface area (Å²) >= 11 is 5.01. The molecule has 0 aliphatic carbocycles. The molecule has 0 saturated carbocycles. The molecule has 2 N–H and O–H groups in total. The fourth-order valence-electron chi connectivity index (χ4n) is 2.32. The maximum atomic E-state index is 5.71. The van der Waals surface area contributed by atoms with Crippen molar-refractivity contribution in [1.29, 1.82) is 0 Å². The predicted molar refractivity (Wildman–Crippen MR) is 78.2 cm³/mol. The maximum Gasteiger partial charge on any atom is 0.122 e. The van der Waals surface area contributed by atoms with E-state index in [0.717, 1.165) is 18.9 Å². The first kappa shape index (κ1) is 13.3. The van der Waals surface area contributed by atoms with Crippen LogP contribution in [0.25, 0.3) is 0 Å². The summed E-state index contributed by atoms with van der Waals surface area (Å²) < 4.78 is 5.71. The number of para-hydroxylation sites is 1. The molecule has 0 bridgehead atoms. The number of nitrogens with two attached hydrogens (primary N) is 1. The fourth-order valence-corrected chi connectivity index (χ4v) is 2.49. The average Bonchev–Trinajstić information content (AvgIpc) is 2.71. The number of ether oxygens (including phenoxy) is 1. The molecule has 1 heterocycles. The Labute approximate surface area is 114 Å². The molecular weight excluding hydrogens is 244 g/mol. The third-order valence-electron chi connectivity index (χ3n) is 3.34. The van der Waals surface area contributed by atoms with E-state index in [1.807, 2.05) is 12.1 Å². The van der Waals surface area contributed by atoms with Gasteiger partial charge < -0.3 is 10.5 Å². The molecule has 1 aromatic rings. The number of nitrogens with zero attached hydrogens (tertiary/aromatic N) is 1. The van der Waals surface area contributed by atoms with Crippen LogP contribution in [0.15, 0.2) is 24.3 Å². The largest absolute Gasteiger partial charge is 0.493 e. The predicted octanol–water partition coefficient (Wildman–Crippen LogP) is 2.16. The molecule has 0 fully saturated rings. The van der Waals surface area contributed by atoms with Gasteiger partial charge in [0.15, 0.2) is 0 Å². The van der Waals surface area contributed by atoms with Gasteiger partial charge in [0.25, 0.3) is 0 Å². The van der Waals surface area contributed by atoms with E-state index in [1.165, 1.54) is 5.56 Å². The molecule has 0 spiro atoms. The molecule has 0 aromatic heterocycles. The van der Waals surface area contributed by atoms with Crippen molar-refractivity contribution in [3.8, 4) is 5.75 Å². The number of rotatable bonds is 5. The van der Waals surface area contributed by atoms with Crippen LogP contribution >= 0.6 is 12.2 Å². The van der Waals surface area contributed by atoms with E-state index in [0.29, 0.717) is 23.5 Å². The zero-order valence-corrected chi connectivity index (χ0v) is 11.7. The highest BCUT2D eigenvalue weighted by molar-refractivity contribution is 7.80. The SMILES string of the molecule is CC(C)N(CC(N)=S)CC1COc2ccccc21. The van der Waals surface area contributed by atoms with Crippen molar-refractivity contribution < 1.29 is 4.74 Å². The van der Waals surface area contributed by atoms with E-state index < -0.39 is 0 Å². The summed E-state index contributed by atoms with van der Waals surface area (Å²) in [5.74, 6) is 1.43. The van der Waals surface area contributed by atoms with Crippen LogP contribution in [0.3, 0.4) is 0 Å². The van der Waals surface area contributed by atoms with Crippen LogP contribution in [0, 0.1) is 0 Å². The van der Waals surface area contributed by atoms with Crippen LogP contribution in [-0.2, 0) is 0 Å². The topological polar surface area (TPSA) is 38.5 Å². The van der Waals surface area contributed by atoms with Crippen LogP contribution in [0.4, 0.5) is 0 Å². The van der Waals surface area contributed by atoms with E-state index in [4.69, 9.17) is 22.7 Å². The summed E-state index contributed by atoms with van der Waals surface area (Å²) in [5, 5.41) is 0. The van der Waals surface area contributed by atoms with Gasteiger partial charge in [-0.15, -0.1) is 0 Å². The first-order valence-corrected chi connectivity index (χ1v) is 6.73. The first-order valence-electron chi connectivity index (χ1n) is 6.32. The molecule has 3 nitrogen and oxygen atoms in total. The van der Waals surface area contributed by atoms with Crippen LogP contribution in [0.1, 0.15) is 25.3 Å². The van der Waals surface area contributed by atoms with Crippen LogP contribution < -0.4 is 10.5 Å². The van der Waals surface area contributed by atoms with E-state index in [-0.39, 0.29) is 0 Å². The molecule has 1 atom stereocenters. The fraction of sp³-hybridized carbons (Fsp3) is 0.500. The summed E-state index contributed by atoms with van der Waals surface area (Å²) in [4.78, 5) is 2.86. The minimum atomic E-state index is 0.415. The number of fused-ring (bicyclic) bond motifs is 1. The summed E-state index contributed by atoms with van der Waals surface area (Å²) in [6.45, 7) is 6.69. The molecule has 18 heavy (non-hydrogen) atoms. The van der Waals surface area contributed by atoms with Gasteiger partial charge in [-0.05, 0) is 19.9 Å². The van der Waals surface area contributed by atoms with Crippen molar-refractivity contribution in [3.05, 3.63) is 29.8 Å². The van der Waals surface area contributed by atoms with E-state index >= 15 is 0 Å². The third-order valence-corrected chi connectivity index (χ3v) is 3.47. The second kappa shape index (κ2) is 5.67. The Balaban J connectivity index is 2.07. The average molecular weight is 264 g/mol. The summed E-state index contributed by atoms with van der Waals surface area (Å²) in [6.07, 6.45) is 0. The van der Waals surface area contributed by atoms with Crippen molar-refractivity contribution in [2.75, 3.05) is 19.7 Å². The Bertz CT molecular complexity index is 434. The zero-order valence-electron chi connectivity index (χ0n) is 10.9. The normalized spacial score (nSPS) is 17.9. The monoisotopic (exact) mass is 264 g/mol. The Morgan fingerprint density at radius 1 is 1.50 bits per heavy atom. The van der Waals surface area contributed by atoms with Crippen molar-refractivity contribution in [2.24, 2.45) is 5.73 Å². The third kappa shape index (κ3) is 3.00. The highest BCUT2D eigenvalue weighted by Crippen LogP contribution is 2.34. The molecule has 0 saturated heterocycles. The smallest absolute Gasteiger partial charge is 0.122 e. The quantitative estimate of drug-likeness (QED) is 0.827. The van der Waals surface area contributed by atoms with E-state index in [9.17, 15) is 0 Å². The zero-order chi connectivity index (χ0) is 13.1. The lowest BCUT2D eigenvalue weighted by Crippen LogP contribution is -2.40. The Kier molecular flexibility index (Phi) is 4.19. The van der Waals surface area contributed by atoms with Gasteiger partial charge in [0.2, 0.25) is 0 Å². The molecule has 98 valence electrons. The second-order valence-corrected chi connectivity index (χ2v) is 5.56. The van der Waals surface area contributed by atoms with Crippen molar-refractivity contribution in [1.82, 2.24) is 4.90 Å². The molecule has 0 amide bonds.